The summed E-state index contributed by atoms with van der Waals surface area (Å²) in [4.78, 5) is 9.41. The van der Waals surface area contributed by atoms with Gasteiger partial charge in [-0.05, 0) is 5.56 Å². The van der Waals surface area contributed by atoms with Crippen LogP contribution in [-0.4, -0.2) is 18.1 Å². The van der Waals surface area contributed by atoms with Crippen LogP contribution in [0.1, 0.15) is 5.56 Å². The molecule has 0 bridgehead atoms. The molecule has 0 N–H and O–H groups in total. The molecule has 0 atom stereocenters. The Hall–Kier alpha value is -1.94. The lowest BCUT2D eigenvalue weighted by atomic mass is 10.2. The van der Waals surface area contributed by atoms with Crippen molar-refractivity contribution >= 4 is 6.08 Å². The van der Waals surface area contributed by atoms with Crippen molar-refractivity contribution in [3.63, 3.8) is 0 Å². The van der Waals surface area contributed by atoms with Crippen LogP contribution in [0.15, 0.2) is 48.7 Å². The summed E-state index contributed by atoms with van der Waals surface area (Å²) < 4.78 is 5.13. The van der Waals surface area contributed by atoms with Crippen LogP contribution in [0, 0.1) is 10.1 Å². The van der Waals surface area contributed by atoms with E-state index < -0.39 is 4.92 Å². The van der Waals surface area contributed by atoms with Crippen molar-refractivity contribution in [2.24, 2.45) is 0 Å². The van der Waals surface area contributed by atoms with E-state index in [2.05, 4.69) is 0 Å². The van der Waals surface area contributed by atoms with Crippen molar-refractivity contribution in [1.29, 1.82) is 0 Å². The number of hydrogen-bond donors (Lipinski definition) is 0. The molecule has 0 amide bonds. The van der Waals surface area contributed by atoms with Gasteiger partial charge in [-0.1, -0.05) is 42.5 Å². The van der Waals surface area contributed by atoms with E-state index in [-0.39, 0.29) is 6.61 Å². The Bertz CT molecular complexity index is 371. The standard InChI is InChI=1S/C12H13NO3/c14-13(15)9-5-11-16-10-4-8-12-6-2-1-3-7-12/h1-9H,10-11H2/b8-4+,9-5+. The number of benzene rings is 1. The minimum Gasteiger partial charge on any atom is -0.373 e. The third kappa shape index (κ3) is 5.72. The first kappa shape index (κ1) is 12.1. The van der Waals surface area contributed by atoms with Gasteiger partial charge >= 0.3 is 0 Å². The van der Waals surface area contributed by atoms with Gasteiger partial charge in [-0.15, -0.1) is 0 Å². The zero-order valence-corrected chi connectivity index (χ0v) is 8.78. The summed E-state index contributed by atoms with van der Waals surface area (Å²) in [5, 5.41) is 9.92. The molecule has 0 aliphatic carbocycles. The van der Waals surface area contributed by atoms with E-state index in [1.165, 1.54) is 6.08 Å². The number of nitrogens with zero attached hydrogens (tertiary/aromatic N) is 1. The minimum atomic E-state index is -0.511. The normalized spacial score (nSPS) is 11.2. The molecule has 0 saturated heterocycles. The van der Waals surface area contributed by atoms with Crippen LogP contribution in [-0.2, 0) is 4.74 Å². The van der Waals surface area contributed by atoms with E-state index in [1.54, 1.807) is 0 Å². The van der Waals surface area contributed by atoms with Crippen molar-refractivity contribution in [3.05, 3.63) is 64.4 Å². The highest BCUT2D eigenvalue weighted by molar-refractivity contribution is 5.48. The average molecular weight is 219 g/mol. The third-order valence-corrected chi connectivity index (χ3v) is 1.77. The van der Waals surface area contributed by atoms with E-state index >= 15 is 0 Å². The SMILES string of the molecule is O=[N+]([O-])/C=C/COC/C=C/c1ccccc1. The van der Waals surface area contributed by atoms with E-state index in [0.717, 1.165) is 11.8 Å². The lowest BCUT2D eigenvalue weighted by molar-refractivity contribution is -0.402. The fourth-order valence-corrected chi connectivity index (χ4v) is 1.08. The minimum absolute atomic E-state index is 0.250. The van der Waals surface area contributed by atoms with Gasteiger partial charge in [0.15, 0.2) is 0 Å². The zero-order chi connectivity index (χ0) is 11.6. The Labute approximate surface area is 94.0 Å². The highest BCUT2D eigenvalue weighted by Gasteiger charge is 1.85. The molecule has 0 aliphatic heterocycles. The first-order chi connectivity index (χ1) is 7.79. The lowest BCUT2D eigenvalue weighted by Gasteiger charge is -1.94. The molecule has 0 fully saturated rings. The van der Waals surface area contributed by atoms with E-state index in [4.69, 9.17) is 4.74 Å². The summed E-state index contributed by atoms with van der Waals surface area (Å²) in [5.74, 6) is 0. The van der Waals surface area contributed by atoms with E-state index in [0.29, 0.717) is 6.61 Å². The first-order valence-electron chi connectivity index (χ1n) is 4.88. The van der Waals surface area contributed by atoms with Gasteiger partial charge in [0.25, 0.3) is 0 Å². The summed E-state index contributed by atoms with van der Waals surface area (Å²) in [7, 11) is 0. The van der Waals surface area contributed by atoms with Crippen LogP contribution in [0.5, 0.6) is 0 Å². The second kappa shape index (κ2) is 7.36. The second-order valence-corrected chi connectivity index (χ2v) is 3.02. The van der Waals surface area contributed by atoms with Crippen LogP contribution in [0.4, 0.5) is 0 Å². The number of nitro groups is 1. The van der Waals surface area contributed by atoms with Crippen LogP contribution in [0.3, 0.4) is 0 Å². The second-order valence-electron chi connectivity index (χ2n) is 3.02. The van der Waals surface area contributed by atoms with Gasteiger partial charge in [0.1, 0.15) is 0 Å². The van der Waals surface area contributed by atoms with Crippen LogP contribution in [0.2, 0.25) is 0 Å². The molecule has 0 unspecified atom stereocenters. The molecule has 1 aromatic rings. The predicted octanol–water partition coefficient (Wildman–Crippen LogP) is 2.51. The molecule has 1 rings (SSSR count). The van der Waals surface area contributed by atoms with E-state index in [9.17, 15) is 10.1 Å². The summed E-state index contributed by atoms with van der Waals surface area (Å²) >= 11 is 0. The zero-order valence-electron chi connectivity index (χ0n) is 8.78. The molecule has 84 valence electrons. The van der Waals surface area contributed by atoms with Crippen molar-refractivity contribution in [3.8, 4) is 0 Å². The topological polar surface area (TPSA) is 52.4 Å². The maximum atomic E-state index is 9.92. The van der Waals surface area contributed by atoms with Crippen LogP contribution >= 0.6 is 0 Å². The summed E-state index contributed by atoms with van der Waals surface area (Å²) in [6.45, 7) is 0.692. The highest BCUT2D eigenvalue weighted by atomic mass is 16.6. The van der Waals surface area contributed by atoms with Gasteiger partial charge in [-0.25, -0.2) is 0 Å². The lowest BCUT2D eigenvalue weighted by Crippen LogP contribution is -1.92. The first-order valence-corrected chi connectivity index (χ1v) is 4.88. The van der Waals surface area contributed by atoms with Gasteiger partial charge in [0.2, 0.25) is 6.20 Å². The summed E-state index contributed by atoms with van der Waals surface area (Å²) in [6, 6.07) is 9.85. The van der Waals surface area contributed by atoms with Crippen molar-refractivity contribution < 1.29 is 9.66 Å². The smallest absolute Gasteiger partial charge is 0.232 e. The largest absolute Gasteiger partial charge is 0.373 e. The molecular formula is C12H13NO3. The van der Waals surface area contributed by atoms with Crippen molar-refractivity contribution in [2.75, 3.05) is 13.2 Å². The van der Waals surface area contributed by atoms with Gasteiger partial charge in [0, 0.05) is 6.08 Å². The molecule has 0 aliphatic rings. The van der Waals surface area contributed by atoms with Gasteiger partial charge in [-0.2, -0.15) is 0 Å². The van der Waals surface area contributed by atoms with Crippen LogP contribution < -0.4 is 0 Å². The average Bonchev–Trinajstić information content (AvgIpc) is 2.29. The van der Waals surface area contributed by atoms with E-state index in [1.807, 2.05) is 42.5 Å². The molecule has 0 spiro atoms. The van der Waals surface area contributed by atoms with Gasteiger partial charge in [-0.3, -0.25) is 10.1 Å². The molecule has 0 radical (unpaired) electrons. The Morgan fingerprint density at radius 1 is 1.19 bits per heavy atom. The number of ether oxygens (including phenoxy) is 1. The molecule has 4 nitrogen and oxygen atoms in total. The molecular weight excluding hydrogens is 206 g/mol. The quantitative estimate of drug-likeness (QED) is 0.419. The summed E-state index contributed by atoms with van der Waals surface area (Å²) in [6.07, 6.45) is 6.06. The fraction of sp³-hybridized carbons (Fsp3) is 0.167. The molecule has 0 heterocycles. The monoisotopic (exact) mass is 219 g/mol. The number of hydrogen-bond acceptors (Lipinski definition) is 3. The Morgan fingerprint density at radius 2 is 1.88 bits per heavy atom. The molecule has 1 aromatic carbocycles. The highest BCUT2D eigenvalue weighted by Crippen LogP contribution is 2.00. The number of rotatable bonds is 6. The molecule has 0 aromatic heterocycles. The van der Waals surface area contributed by atoms with Crippen molar-refractivity contribution in [1.82, 2.24) is 0 Å². The Balaban J connectivity index is 2.16. The molecule has 16 heavy (non-hydrogen) atoms. The summed E-state index contributed by atoms with van der Waals surface area (Å²) in [5.41, 5.74) is 1.10. The van der Waals surface area contributed by atoms with Gasteiger partial charge in [0.05, 0.1) is 18.1 Å². The maximum Gasteiger partial charge on any atom is 0.232 e. The predicted molar refractivity (Wildman–Crippen MR) is 62.4 cm³/mol. The van der Waals surface area contributed by atoms with Gasteiger partial charge < -0.3 is 4.74 Å². The van der Waals surface area contributed by atoms with Crippen LogP contribution in [0.25, 0.3) is 6.08 Å². The Kier molecular flexibility index (Phi) is 5.58. The molecule has 4 heteroatoms. The fourth-order valence-electron chi connectivity index (χ4n) is 1.08. The Morgan fingerprint density at radius 3 is 2.56 bits per heavy atom. The third-order valence-electron chi connectivity index (χ3n) is 1.77. The maximum absolute atomic E-state index is 9.92. The van der Waals surface area contributed by atoms with Crippen molar-refractivity contribution in [2.45, 2.75) is 0 Å². The molecule has 0 saturated carbocycles.